The Balaban J connectivity index is 1.46. The van der Waals surface area contributed by atoms with E-state index in [0.717, 1.165) is 48.0 Å². The van der Waals surface area contributed by atoms with Gasteiger partial charge >= 0.3 is 5.97 Å². The number of carbonyl (C=O) groups excluding carboxylic acids is 2. The van der Waals surface area contributed by atoms with E-state index < -0.39 is 5.97 Å². The number of esters is 1. The SMILES string of the molecule is CCCCCNc1nc(N)nc2ccn(Cc3cc(C=CC(=O)OCC(=O)N4CCOCC4)ccc3OC)c12. The number of hydrogen-bond donors (Lipinski definition) is 2. The molecule has 3 aromatic rings. The molecule has 0 bridgehead atoms. The molecule has 39 heavy (non-hydrogen) atoms. The quantitative estimate of drug-likeness (QED) is 0.203. The normalized spacial score (nSPS) is 13.6. The van der Waals surface area contributed by atoms with E-state index in [1.54, 1.807) is 18.1 Å². The van der Waals surface area contributed by atoms with Crippen LogP contribution in [0.15, 0.2) is 36.5 Å². The van der Waals surface area contributed by atoms with Gasteiger partial charge in [0, 0.05) is 37.5 Å². The summed E-state index contributed by atoms with van der Waals surface area (Å²) in [6, 6.07) is 7.56. The lowest BCUT2D eigenvalue weighted by Crippen LogP contribution is -2.42. The number of nitrogens with zero attached hydrogens (tertiary/aromatic N) is 4. The highest BCUT2D eigenvalue weighted by atomic mass is 16.5. The maximum atomic E-state index is 12.2. The van der Waals surface area contributed by atoms with Crippen LogP contribution in [0.2, 0.25) is 0 Å². The van der Waals surface area contributed by atoms with Crippen LogP contribution in [-0.2, 0) is 25.6 Å². The van der Waals surface area contributed by atoms with Gasteiger partial charge in [-0.15, -0.1) is 0 Å². The predicted molar refractivity (Wildman–Crippen MR) is 149 cm³/mol. The van der Waals surface area contributed by atoms with Crippen molar-refractivity contribution in [3.05, 3.63) is 47.7 Å². The van der Waals surface area contributed by atoms with Crippen LogP contribution in [0.5, 0.6) is 5.75 Å². The molecule has 1 amide bonds. The van der Waals surface area contributed by atoms with E-state index in [1.807, 2.05) is 35.0 Å². The lowest BCUT2D eigenvalue weighted by molar-refractivity contribution is -0.150. The molecule has 11 heteroatoms. The Bertz CT molecular complexity index is 1320. The van der Waals surface area contributed by atoms with Crippen molar-refractivity contribution in [2.24, 2.45) is 0 Å². The first-order valence-electron chi connectivity index (χ1n) is 13.2. The van der Waals surface area contributed by atoms with Crippen molar-refractivity contribution < 1.29 is 23.8 Å². The third-order valence-electron chi connectivity index (χ3n) is 6.46. The molecule has 1 saturated heterocycles. The van der Waals surface area contributed by atoms with Crippen LogP contribution in [0.25, 0.3) is 17.1 Å². The maximum Gasteiger partial charge on any atom is 0.331 e. The summed E-state index contributed by atoms with van der Waals surface area (Å²) in [5.74, 6) is 0.820. The summed E-state index contributed by atoms with van der Waals surface area (Å²) in [5, 5.41) is 3.41. The molecule has 1 aliphatic rings. The third-order valence-corrected chi connectivity index (χ3v) is 6.46. The van der Waals surface area contributed by atoms with Crippen molar-refractivity contribution in [1.82, 2.24) is 19.4 Å². The van der Waals surface area contributed by atoms with E-state index in [4.69, 9.17) is 19.9 Å². The maximum absolute atomic E-state index is 12.2. The van der Waals surface area contributed by atoms with Crippen LogP contribution in [0.3, 0.4) is 0 Å². The number of ether oxygens (including phenoxy) is 3. The topological polar surface area (TPSA) is 134 Å². The van der Waals surface area contributed by atoms with Gasteiger partial charge in [0.2, 0.25) is 5.95 Å². The summed E-state index contributed by atoms with van der Waals surface area (Å²) in [7, 11) is 1.62. The van der Waals surface area contributed by atoms with Crippen LogP contribution in [-0.4, -0.2) is 77.9 Å². The summed E-state index contributed by atoms with van der Waals surface area (Å²) < 4.78 is 18.0. The highest BCUT2D eigenvalue weighted by Gasteiger charge is 2.18. The molecule has 208 valence electrons. The lowest BCUT2D eigenvalue weighted by Gasteiger charge is -2.26. The number of rotatable bonds is 12. The van der Waals surface area contributed by atoms with Crippen molar-refractivity contribution >= 4 is 40.8 Å². The fraction of sp³-hybridized carbons (Fsp3) is 0.429. The van der Waals surface area contributed by atoms with E-state index in [0.29, 0.717) is 44.4 Å². The minimum absolute atomic E-state index is 0.224. The summed E-state index contributed by atoms with van der Waals surface area (Å²) in [6.45, 7) is 5.16. The third kappa shape index (κ3) is 7.47. The fourth-order valence-corrected chi connectivity index (χ4v) is 4.42. The van der Waals surface area contributed by atoms with Crippen LogP contribution >= 0.6 is 0 Å². The van der Waals surface area contributed by atoms with Crippen molar-refractivity contribution in [2.45, 2.75) is 32.7 Å². The number of anilines is 2. The Labute approximate surface area is 227 Å². The molecule has 1 aromatic carbocycles. The van der Waals surface area contributed by atoms with E-state index in [1.165, 1.54) is 6.08 Å². The zero-order valence-corrected chi connectivity index (χ0v) is 22.5. The number of aromatic nitrogens is 3. The largest absolute Gasteiger partial charge is 0.496 e. The van der Waals surface area contributed by atoms with Gasteiger partial charge in [0.05, 0.1) is 32.4 Å². The second-order valence-corrected chi connectivity index (χ2v) is 9.25. The molecular weight excluding hydrogens is 500 g/mol. The average molecular weight is 537 g/mol. The Kier molecular flexibility index (Phi) is 9.74. The molecule has 0 saturated carbocycles. The monoisotopic (exact) mass is 536 g/mol. The highest BCUT2D eigenvalue weighted by Crippen LogP contribution is 2.27. The van der Waals surface area contributed by atoms with Gasteiger partial charge in [-0.2, -0.15) is 4.98 Å². The van der Waals surface area contributed by atoms with E-state index in [9.17, 15) is 9.59 Å². The Morgan fingerprint density at radius 2 is 2.00 bits per heavy atom. The first-order chi connectivity index (χ1) is 19.0. The number of fused-ring (bicyclic) bond motifs is 1. The van der Waals surface area contributed by atoms with Gasteiger partial charge in [-0.1, -0.05) is 25.8 Å². The molecule has 11 nitrogen and oxygen atoms in total. The lowest BCUT2D eigenvalue weighted by atomic mass is 10.1. The molecule has 0 unspecified atom stereocenters. The van der Waals surface area contributed by atoms with Gasteiger partial charge in [0.1, 0.15) is 11.3 Å². The zero-order chi connectivity index (χ0) is 27.6. The Morgan fingerprint density at radius 3 is 2.77 bits per heavy atom. The molecular formula is C28H36N6O5. The fourth-order valence-electron chi connectivity index (χ4n) is 4.42. The van der Waals surface area contributed by atoms with Gasteiger partial charge in [-0.05, 0) is 36.3 Å². The molecule has 0 radical (unpaired) electrons. The van der Waals surface area contributed by atoms with Crippen LogP contribution in [0.4, 0.5) is 11.8 Å². The Hall–Kier alpha value is -4.12. The smallest absolute Gasteiger partial charge is 0.331 e. The molecule has 1 fully saturated rings. The van der Waals surface area contributed by atoms with Gasteiger partial charge in [0.15, 0.2) is 12.4 Å². The number of amides is 1. The van der Waals surface area contributed by atoms with Crippen LogP contribution in [0.1, 0.15) is 37.3 Å². The minimum atomic E-state index is -0.584. The summed E-state index contributed by atoms with van der Waals surface area (Å²) in [4.78, 5) is 34.9. The number of methoxy groups -OCH3 is 1. The number of hydrogen-bond acceptors (Lipinski definition) is 9. The van der Waals surface area contributed by atoms with Crippen molar-refractivity contribution in [1.29, 1.82) is 0 Å². The number of carbonyl (C=O) groups is 2. The number of nitrogen functional groups attached to an aromatic ring is 1. The number of morpholine rings is 1. The summed E-state index contributed by atoms with van der Waals surface area (Å²) >= 11 is 0. The van der Waals surface area contributed by atoms with E-state index >= 15 is 0 Å². The van der Waals surface area contributed by atoms with E-state index in [-0.39, 0.29) is 18.5 Å². The number of unbranched alkanes of at least 4 members (excludes halogenated alkanes) is 2. The second-order valence-electron chi connectivity index (χ2n) is 9.25. The van der Waals surface area contributed by atoms with Gasteiger partial charge in [0.25, 0.3) is 5.91 Å². The first kappa shape index (κ1) is 27.9. The standard InChI is InChI=1S/C28H36N6O5/c1-3-4-5-11-30-27-26-22(31-28(29)32-27)10-12-34(26)18-21-17-20(6-8-23(21)37-2)7-9-25(36)39-19-24(35)33-13-15-38-16-14-33/h6-10,12,17H,3-5,11,13-16,18-19H2,1-2H3,(H3,29,30,31,32). The molecule has 0 aliphatic carbocycles. The van der Waals surface area contributed by atoms with Crippen molar-refractivity contribution in [3.63, 3.8) is 0 Å². The van der Waals surface area contributed by atoms with Crippen molar-refractivity contribution in [3.8, 4) is 5.75 Å². The van der Waals surface area contributed by atoms with Crippen LogP contribution < -0.4 is 15.8 Å². The molecule has 2 aromatic heterocycles. The summed E-state index contributed by atoms with van der Waals surface area (Å²) in [5.41, 5.74) is 9.26. The van der Waals surface area contributed by atoms with E-state index in [2.05, 4.69) is 22.2 Å². The molecule has 0 spiro atoms. The number of benzene rings is 1. The average Bonchev–Trinajstić information content (AvgIpc) is 3.35. The number of nitrogens with one attached hydrogen (secondary N) is 1. The van der Waals surface area contributed by atoms with Crippen molar-refractivity contribution in [2.75, 3.05) is 57.6 Å². The minimum Gasteiger partial charge on any atom is -0.496 e. The molecule has 4 rings (SSSR count). The Morgan fingerprint density at radius 1 is 1.18 bits per heavy atom. The molecule has 1 aliphatic heterocycles. The second kappa shape index (κ2) is 13.6. The molecule has 3 heterocycles. The van der Waals surface area contributed by atoms with Gasteiger partial charge in [-0.25, -0.2) is 9.78 Å². The van der Waals surface area contributed by atoms with Gasteiger partial charge in [-0.3, -0.25) is 4.79 Å². The van der Waals surface area contributed by atoms with Crippen LogP contribution in [0, 0.1) is 0 Å². The predicted octanol–water partition coefficient (Wildman–Crippen LogP) is 3.09. The molecule has 0 atom stereocenters. The van der Waals surface area contributed by atoms with Gasteiger partial charge < -0.3 is 34.7 Å². The number of nitrogens with two attached hydrogens (primary N) is 1. The molecule has 3 N–H and O–H groups in total. The zero-order valence-electron chi connectivity index (χ0n) is 22.5. The first-order valence-corrected chi connectivity index (χ1v) is 13.2. The summed E-state index contributed by atoms with van der Waals surface area (Å²) in [6.07, 6.45) is 8.22. The highest BCUT2D eigenvalue weighted by molar-refractivity contribution is 5.89.